The maximum Gasteiger partial charge on any atom is 0.244 e. The van der Waals surface area contributed by atoms with Gasteiger partial charge in [0.05, 0.1) is 14.1 Å². The molecule has 0 atom stereocenters. The maximum absolute atomic E-state index is 11.8. The van der Waals surface area contributed by atoms with Crippen LogP contribution >= 0.6 is 11.3 Å². The van der Waals surface area contributed by atoms with Crippen LogP contribution in [0.25, 0.3) is 6.08 Å². The quantitative estimate of drug-likeness (QED) is 0.786. The van der Waals surface area contributed by atoms with Gasteiger partial charge in [-0.2, -0.15) is 0 Å². The Morgan fingerprint density at radius 2 is 1.86 bits per heavy atom. The molecule has 0 aliphatic rings. The standard InChI is InChI=1S/C18H22N2OS/c1-14-10-11-22-17(14)8-9-18(21)19-12-15-4-6-16(7-5-15)13-20(2)3/h4-11H,12-13H2,1-3H3,(H,19,21)/p+1/b9-8+. The van der Waals surface area contributed by atoms with Gasteiger partial charge < -0.3 is 10.2 Å². The summed E-state index contributed by atoms with van der Waals surface area (Å²) in [5.41, 5.74) is 3.63. The first-order valence-electron chi connectivity index (χ1n) is 7.41. The number of benzene rings is 1. The predicted octanol–water partition coefficient (Wildman–Crippen LogP) is 2.03. The molecule has 0 spiro atoms. The fourth-order valence-electron chi connectivity index (χ4n) is 2.14. The van der Waals surface area contributed by atoms with E-state index in [0.717, 1.165) is 17.0 Å². The Kier molecular flexibility index (Phi) is 5.92. The minimum Gasteiger partial charge on any atom is -0.348 e. The van der Waals surface area contributed by atoms with Crippen LogP contribution in [0.1, 0.15) is 21.6 Å². The fourth-order valence-corrected chi connectivity index (χ4v) is 2.96. The van der Waals surface area contributed by atoms with E-state index in [1.54, 1.807) is 17.4 Å². The second kappa shape index (κ2) is 7.92. The summed E-state index contributed by atoms with van der Waals surface area (Å²) in [4.78, 5) is 14.4. The molecule has 2 N–H and O–H groups in total. The molecule has 22 heavy (non-hydrogen) atoms. The minimum absolute atomic E-state index is 0.0605. The van der Waals surface area contributed by atoms with Crippen LogP contribution < -0.4 is 10.2 Å². The van der Waals surface area contributed by atoms with Gasteiger partial charge in [-0.05, 0) is 35.6 Å². The average molecular weight is 315 g/mol. The van der Waals surface area contributed by atoms with Crippen molar-refractivity contribution in [1.29, 1.82) is 0 Å². The summed E-state index contributed by atoms with van der Waals surface area (Å²) in [7, 11) is 4.27. The third kappa shape index (κ3) is 5.13. The number of carbonyl (C=O) groups excluding carboxylic acids is 1. The topological polar surface area (TPSA) is 33.5 Å². The van der Waals surface area contributed by atoms with Gasteiger partial charge in [-0.25, -0.2) is 0 Å². The van der Waals surface area contributed by atoms with Gasteiger partial charge in [-0.1, -0.05) is 24.3 Å². The van der Waals surface area contributed by atoms with Crippen molar-refractivity contribution in [3.63, 3.8) is 0 Å². The summed E-state index contributed by atoms with van der Waals surface area (Å²) in [6.07, 6.45) is 3.47. The SMILES string of the molecule is Cc1ccsc1/C=C/C(=O)NCc1ccc(C[NH+](C)C)cc1. The molecule has 1 aromatic heterocycles. The van der Waals surface area contributed by atoms with E-state index < -0.39 is 0 Å². The summed E-state index contributed by atoms with van der Waals surface area (Å²) < 4.78 is 0. The van der Waals surface area contributed by atoms with Crippen LogP contribution in [-0.4, -0.2) is 20.0 Å². The van der Waals surface area contributed by atoms with E-state index in [1.165, 1.54) is 16.0 Å². The van der Waals surface area contributed by atoms with E-state index in [4.69, 9.17) is 0 Å². The van der Waals surface area contributed by atoms with Crippen molar-refractivity contribution in [3.05, 3.63) is 63.4 Å². The Hall–Kier alpha value is -1.91. The Morgan fingerprint density at radius 1 is 1.18 bits per heavy atom. The second-order valence-corrected chi connectivity index (χ2v) is 6.67. The lowest BCUT2D eigenvalue weighted by molar-refractivity contribution is -0.872. The molecule has 116 valence electrons. The summed E-state index contributed by atoms with van der Waals surface area (Å²) in [5, 5.41) is 4.95. The van der Waals surface area contributed by atoms with Crippen molar-refractivity contribution >= 4 is 23.3 Å². The lowest BCUT2D eigenvalue weighted by Crippen LogP contribution is -3.04. The van der Waals surface area contributed by atoms with Crippen molar-refractivity contribution in [2.24, 2.45) is 0 Å². The Labute approximate surface area is 136 Å². The molecule has 0 saturated carbocycles. The zero-order chi connectivity index (χ0) is 15.9. The molecular formula is C18H23N2OS+. The molecule has 0 aliphatic carbocycles. The highest BCUT2D eigenvalue weighted by Gasteiger charge is 2.01. The van der Waals surface area contributed by atoms with E-state index in [2.05, 4.69) is 49.7 Å². The largest absolute Gasteiger partial charge is 0.348 e. The number of nitrogens with one attached hydrogen (secondary N) is 2. The normalized spacial score (nSPS) is 11.3. The lowest BCUT2D eigenvalue weighted by atomic mass is 10.1. The van der Waals surface area contributed by atoms with E-state index >= 15 is 0 Å². The molecule has 1 aromatic carbocycles. The summed E-state index contributed by atoms with van der Waals surface area (Å²) in [6, 6.07) is 10.5. The zero-order valence-corrected chi connectivity index (χ0v) is 14.2. The van der Waals surface area contributed by atoms with E-state index in [1.807, 2.05) is 18.4 Å². The first-order valence-corrected chi connectivity index (χ1v) is 8.29. The molecule has 0 fully saturated rings. The molecule has 2 aromatic rings. The van der Waals surface area contributed by atoms with Crippen LogP contribution in [0.4, 0.5) is 0 Å². The molecule has 1 amide bonds. The summed E-state index contributed by atoms with van der Waals surface area (Å²) >= 11 is 1.64. The van der Waals surface area contributed by atoms with Crippen LogP contribution in [-0.2, 0) is 17.9 Å². The molecule has 3 nitrogen and oxygen atoms in total. The molecule has 0 saturated heterocycles. The average Bonchev–Trinajstić information content (AvgIpc) is 2.89. The van der Waals surface area contributed by atoms with Crippen LogP contribution in [0.5, 0.6) is 0 Å². The second-order valence-electron chi connectivity index (χ2n) is 5.72. The number of thiophene rings is 1. The highest BCUT2D eigenvalue weighted by Crippen LogP contribution is 2.16. The third-order valence-electron chi connectivity index (χ3n) is 3.34. The van der Waals surface area contributed by atoms with Gasteiger partial charge in [0.1, 0.15) is 6.54 Å². The van der Waals surface area contributed by atoms with Crippen LogP contribution in [0.2, 0.25) is 0 Å². The van der Waals surface area contributed by atoms with Gasteiger partial charge in [0.2, 0.25) is 5.91 Å². The van der Waals surface area contributed by atoms with Gasteiger partial charge in [-0.15, -0.1) is 11.3 Å². The van der Waals surface area contributed by atoms with Gasteiger partial charge in [0.25, 0.3) is 0 Å². The molecule has 0 radical (unpaired) electrons. The Balaban J connectivity index is 1.83. The Bertz CT molecular complexity index is 641. The molecule has 0 bridgehead atoms. The molecule has 1 heterocycles. The van der Waals surface area contributed by atoms with Gasteiger partial charge in [0, 0.05) is 23.1 Å². The van der Waals surface area contributed by atoms with Crippen molar-refractivity contribution in [3.8, 4) is 0 Å². The van der Waals surface area contributed by atoms with Crippen molar-refractivity contribution in [2.75, 3.05) is 14.1 Å². The number of aryl methyl sites for hydroxylation is 1. The van der Waals surface area contributed by atoms with Crippen LogP contribution in [0.15, 0.2) is 41.8 Å². The number of quaternary nitrogens is 1. The van der Waals surface area contributed by atoms with E-state index in [-0.39, 0.29) is 5.91 Å². The number of hydrogen-bond acceptors (Lipinski definition) is 2. The zero-order valence-electron chi connectivity index (χ0n) is 13.3. The number of amides is 1. The monoisotopic (exact) mass is 315 g/mol. The van der Waals surface area contributed by atoms with E-state index in [0.29, 0.717) is 6.54 Å². The minimum atomic E-state index is -0.0605. The highest BCUT2D eigenvalue weighted by molar-refractivity contribution is 7.11. The molecule has 0 aliphatic heterocycles. The molecule has 0 unspecified atom stereocenters. The first kappa shape index (κ1) is 16.5. The predicted molar refractivity (Wildman–Crippen MR) is 92.9 cm³/mol. The van der Waals surface area contributed by atoms with Crippen molar-refractivity contribution < 1.29 is 9.69 Å². The van der Waals surface area contributed by atoms with Crippen molar-refractivity contribution in [2.45, 2.75) is 20.0 Å². The molecule has 2 rings (SSSR count). The number of carbonyl (C=O) groups is 1. The summed E-state index contributed by atoms with van der Waals surface area (Å²) in [5.74, 6) is -0.0605. The number of rotatable bonds is 6. The maximum atomic E-state index is 11.8. The van der Waals surface area contributed by atoms with Gasteiger partial charge in [0.15, 0.2) is 0 Å². The van der Waals surface area contributed by atoms with E-state index in [9.17, 15) is 4.79 Å². The van der Waals surface area contributed by atoms with Crippen LogP contribution in [0, 0.1) is 6.92 Å². The first-order chi connectivity index (χ1) is 10.5. The third-order valence-corrected chi connectivity index (χ3v) is 4.32. The van der Waals surface area contributed by atoms with Gasteiger partial charge in [-0.3, -0.25) is 4.79 Å². The fraction of sp³-hybridized carbons (Fsp3) is 0.278. The lowest BCUT2D eigenvalue weighted by Gasteiger charge is -2.08. The molecular weight excluding hydrogens is 292 g/mol. The van der Waals surface area contributed by atoms with Crippen LogP contribution in [0.3, 0.4) is 0 Å². The Morgan fingerprint density at radius 3 is 2.45 bits per heavy atom. The summed E-state index contributed by atoms with van der Waals surface area (Å²) in [6.45, 7) is 3.61. The molecule has 4 heteroatoms. The van der Waals surface area contributed by atoms with Gasteiger partial charge >= 0.3 is 0 Å². The smallest absolute Gasteiger partial charge is 0.244 e. The highest BCUT2D eigenvalue weighted by atomic mass is 32.1. The number of hydrogen-bond donors (Lipinski definition) is 2. The van der Waals surface area contributed by atoms with Crippen molar-refractivity contribution in [1.82, 2.24) is 5.32 Å².